The average Bonchev–Trinajstić information content (AvgIpc) is 3.41. The van der Waals surface area contributed by atoms with E-state index in [0.717, 1.165) is 29.6 Å². The van der Waals surface area contributed by atoms with Gasteiger partial charge in [0.05, 0.1) is 11.0 Å². The van der Waals surface area contributed by atoms with Gasteiger partial charge in [-0.3, -0.25) is 10.1 Å². The van der Waals surface area contributed by atoms with Crippen LogP contribution in [0.3, 0.4) is 0 Å². The second-order valence-electron chi connectivity index (χ2n) is 6.15. The Morgan fingerprint density at radius 2 is 2.15 bits per heavy atom. The zero-order valence-electron chi connectivity index (χ0n) is 14.9. The second kappa shape index (κ2) is 7.71. The molecule has 0 fully saturated rings. The molecule has 27 heavy (non-hydrogen) atoms. The maximum Gasteiger partial charge on any atom is 0.227 e. The highest BCUT2D eigenvalue weighted by molar-refractivity contribution is 7.08. The summed E-state index contributed by atoms with van der Waals surface area (Å²) in [7, 11) is 0. The van der Waals surface area contributed by atoms with E-state index in [4.69, 9.17) is 4.52 Å². The number of rotatable bonds is 7. The molecule has 1 amide bonds. The van der Waals surface area contributed by atoms with Crippen LogP contribution >= 0.6 is 11.3 Å². The molecule has 3 heterocycles. The van der Waals surface area contributed by atoms with E-state index in [1.807, 2.05) is 45.7 Å². The first-order chi connectivity index (χ1) is 13.2. The Morgan fingerprint density at radius 1 is 1.26 bits per heavy atom. The zero-order valence-corrected chi connectivity index (χ0v) is 15.7. The lowest BCUT2D eigenvalue weighted by atomic mass is 10.3. The molecule has 1 aromatic carbocycles. The van der Waals surface area contributed by atoms with Gasteiger partial charge < -0.3 is 9.09 Å². The quantitative estimate of drug-likeness (QED) is 0.520. The van der Waals surface area contributed by atoms with Crippen LogP contribution < -0.4 is 5.32 Å². The summed E-state index contributed by atoms with van der Waals surface area (Å²) in [5.74, 6) is 1.45. The third-order valence-corrected chi connectivity index (χ3v) is 4.85. The maximum absolute atomic E-state index is 12.4. The molecule has 0 radical (unpaired) electrons. The summed E-state index contributed by atoms with van der Waals surface area (Å²) >= 11 is 1.57. The van der Waals surface area contributed by atoms with Crippen molar-refractivity contribution < 1.29 is 9.32 Å². The number of benzene rings is 1. The molecule has 0 saturated carbocycles. The number of aryl methyl sites for hydroxylation is 2. The number of amides is 1. The van der Waals surface area contributed by atoms with Gasteiger partial charge in [-0.2, -0.15) is 16.3 Å². The molecule has 4 rings (SSSR count). The minimum Gasteiger partial charge on any atom is -0.339 e. The van der Waals surface area contributed by atoms with E-state index >= 15 is 0 Å². The van der Waals surface area contributed by atoms with Crippen molar-refractivity contribution in [3.05, 3.63) is 47.0 Å². The van der Waals surface area contributed by atoms with E-state index in [9.17, 15) is 4.79 Å². The fourth-order valence-corrected chi connectivity index (χ4v) is 3.53. The average molecular weight is 381 g/mol. The van der Waals surface area contributed by atoms with Crippen molar-refractivity contribution in [3.8, 4) is 11.4 Å². The molecule has 8 heteroatoms. The van der Waals surface area contributed by atoms with Crippen LogP contribution in [0.1, 0.15) is 25.7 Å². The van der Waals surface area contributed by atoms with Crippen LogP contribution in [0.2, 0.25) is 0 Å². The van der Waals surface area contributed by atoms with Gasteiger partial charge in [-0.15, -0.1) is 0 Å². The zero-order chi connectivity index (χ0) is 18.6. The van der Waals surface area contributed by atoms with Crippen molar-refractivity contribution in [1.82, 2.24) is 19.7 Å². The van der Waals surface area contributed by atoms with Crippen molar-refractivity contribution in [1.29, 1.82) is 0 Å². The molecule has 0 saturated heterocycles. The summed E-state index contributed by atoms with van der Waals surface area (Å²) in [6.07, 6.45) is 1.59. The van der Waals surface area contributed by atoms with Crippen molar-refractivity contribution in [2.24, 2.45) is 0 Å². The van der Waals surface area contributed by atoms with Crippen LogP contribution in [0.25, 0.3) is 22.4 Å². The highest BCUT2D eigenvalue weighted by Crippen LogP contribution is 2.21. The largest absolute Gasteiger partial charge is 0.339 e. The third-order valence-electron chi connectivity index (χ3n) is 4.17. The van der Waals surface area contributed by atoms with Crippen molar-refractivity contribution in [3.63, 3.8) is 0 Å². The number of carbonyl (C=O) groups excluding carboxylic acids is 1. The summed E-state index contributed by atoms with van der Waals surface area (Å²) in [5, 5.41) is 10.8. The molecule has 3 aromatic heterocycles. The molecule has 0 bridgehead atoms. The molecule has 0 aliphatic heterocycles. The van der Waals surface area contributed by atoms with Crippen LogP contribution in [0.5, 0.6) is 0 Å². The smallest absolute Gasteiger partial charge is 0.227 e. The molecule has 0 atom stereocenters. The molecule has 0 unspecified atom stereocenters. The van der Waals surface area contributed by atoms with E-state index in [0.29, 0.717) is 24.1 Å². The van der Waals surface area contributed by atoms with E-state index in [-0.39, 0.29) is 12.3 Å². The first-order valence-corrected chi connectivity index (χ1v) is 9.79. The summed E-state index contributed by atoms with van der Waals surface area (Å²) in [4.78, 5) is 21.3. The van der Waals surface area contributed by atoms with Gasteiger partial charge in [-0.25, -0.2) is 4.98 Å². The standard InChI is InChI=1S/C19H19N5O2S/c1-2-10-24-15-6-4-3-5-14(15)20-19(24)21-16(25)7-8-17-22-18(23-26-17)13-9-11-27-12-13/h3-6,9,11-12H,2,7-8,10H2,1H3,(H,20,21,25). The Balaban J connectivity index is 1.42. The molecular formula is C19H19N5O2S. The Bertz CT molecular complexity index is 1050. The molecule has 0 spiro atoms. The van der Waals surface area contributed by atoms with Crippen molar-refractivity contribution >= 4 is 34.2 Å². The summed E-state index contributed by atoms with van der Waals surface area (Å²) < 4.78 is 7.28. The highest BCUT2D eigenvalue weighted by atomic mass is 32.1. The van der Waals surface area contributed by atoms with Gasteiger partial charge in [0.15, 0.2) is 0 Å². The van der Waals surface area contributed by atoms with Crippen LogP contribution in [0.4, 0.5) is 5.95 Å². The molecule has 138 valence electrons. The second-order valence-corrected chi connectivity index (χ2v) is 6.93. The summed E-state index contributed by atoms with van der Waals surface area (Å²) in [6, 6.07) is 9.81. The van der Waals surface area contributed by atoms with Gasteiger partial charge in [0.2, 0.25) is 23.6 Å². The lowest BCUT2D eigenvalue weighted by Crippen LogP contribution is -2.16. The number of hydrogen-bond donors (Lipinski definition) is 1. The number of fused-ring (bicyclic) bond motifs is 1. The number of nitrogens with zero attached hydrogens (tertiary/aromatic N) is 4. The van der Waals surface area contributed by atoms with E-state index < -0.39 is 0 Å². The van der Waals surface area contributed by atoms with Crippen LogP contribution in [-0.2, 0) is 17.8 Å². The fourth-order valence-electron chi connectivity index (χ4n) is 2.89. The van der Waals surface area contributed by atoms with Gasteiger partial charge in [0.25, 0.3) is 0 Å². The van der Waals surface area contributed by atoms with Gasteiger partial charge in [0.1, 0.15) is 0 Å². The predicted octanol–water partition coefficient (Wildman–Crippen LogP) is 4.13. The lowest BCUT2D eigenvalue weighted by Gasteiger charge is -2.08. The number of thiophene rings is 1. The SMILES string of the molecule is CCCn1c(NC(=O)CCc2nc(-c3ccsc3)no2)nc2ccccc21. The topological polar surface area (TPSA) is 85.8 Å². The monoisotopic (exact) mass is 381 g/mol. The minimum absolute atomic E-state index is 0.127. The van der Waals surface area contributed by atoms with Gasteiger partial charge in [0, 0.05) is 30.3 Å². The Labute approximate surface area is 160 Å². The normalized spacial score (nSPS) is 11.1. The number of carbonyl (C=O) groups is 1. The van der Waals surface area contributed by atoms with Gasteiger partial charge in [-0.1, -0.05) is 24.2 Å². The number of hydrogen-bond acceptors (Lipinski definition) is 6. The van der Waals surface area contributed by atoms with Crippen LogP contribution in [0.15, 0.2) is 45.6 Å². The minimum atomic E-state index is -0.127. The lowest BCUT2D eigenvalue weighted by molar-refractivity contribution is -0.116. The van der Waals surface area contributed by atoms with Crippen molar-refractivity contribution in [2.75, 3.05) is 5.32 Å². The Hall–Kier alpha value is -3.00. The molecule has 1 N–H and O–H groups in total. The van der Waals surface area contributed by atoms with Crippen molar-refractivity contribution in [2.45, 2.75) is 32.7 Å². The van der Waals surface area contributed by atoms with Gasteiger partial charge in [-0.05, 0) is 30.0 Å². The number of aromatic nitrogens is 4. The Kier molecular flexibility index (Phi) is 4.97. The number of para-hydroxylation sites is 2. The molecule has 4 aromatic rings. The number of imidazole rings is 1. The third kappa shape index (κ3) is 3.75. The van der Waals surface area contributed by atoms with E-state index in [1.165, 1.54) is 0 Å². The summed E-state index contributed by atoms with van der Waals surface area (Å²) in [6.45, 7) is 2.89. The first kappa shape index (κ1) is 17.4. The molecular weight excluding hydrogens is 362 g/mol. The molecule has 0 aliphatic carbocycles. The molecule has 7 nitrogen and oxygen atoms in total. The maximum atomic E-state index is 12.4. The summed E-state index contributed by atoms with van der Waals surface area (Å²) in [5.41, 5.74) is 2.82. The Morgan fingerprint density at radius 3 is 2.96 bits per heavy atom. The number of anilines is 1. The first-order valence-electron chi connectivity index (χ1n) is 8.85. The fraction of sp³-hybridized carbons (Fsp3) is 0.263. The highest BCUT2D eigenvalue weighted by Gasteiger charge is 2.14. The van der Waals surface area contributed by atoms with E-state index in [2.05, 4.69) is 27.4 Å². The van der Waals surface area contributed by atoms with E-state index in [1.54, 1.807) is 11.3 Å². The molecule has 0 aliphatic rings. The number of nitrogens with one attached hydrogen (secondary N) is 1. The van der Waals surface area contributed by atoms with Crippen LogP contribution in [0, 0.1) is 0 Å². The van der Waals surface area contributed by atoms with Crippen LogP contribution in [-0.4, -0.2) is 25.6 Å². The van der Waals surface area contributed by atoms with Gasteiger partial charge >= 0.3 is 0 Å². The predicted molar refractivity (Wildman–Crippen MR) is 105 cm³/mol.